The van der Waals surface area contributed by atoms with E-state index in [1.54, 1.807) is 4.52 Å². The van der Waals surface area contributed by atoms with Gasteiger partial charge in [-0.05, 0) is 37.0 Å². The van der Waals surface area contributed by atoms with E-state index in [4.69, 9.17) is 14.8 Å². The third-order valence-corrected chi connectivity index (χ3v) is 7.65. The summed E-state index contributed by atoms with van der Waals surface area (Å²) in [5.74, 6) is -0.789. The molecule has 7 nitrogen and oxygen atoms in total. The van der Waals surface area contributed by atoms with Gasteiger partial charge in [-0.3, -0.25) is 4.79 Å². The van der Waals surface area contributed by atoms with Crippen LogP contribution >= 0.6 is 0 Å². The Bertz CT molecular complexity index is 1190. The molecule has 160 valence electrons. The number of nitrogens with zero attached hydrogens (tertiary/aromatic N) is 4. The van der Waals surface area contributed by atoms with Crippen molar-refractivity contribution >= 4 is 17.3 Å². The second-order valence-electron chi connectivity index (χ2n) is 9.66. The number of hydrogen-bond donors (Lipinski definition) is 1. The molecule has 1 saturated carbocycles. The SMILES string of the molecule is Cc1cc(N2CC[C@](C)(c3ccccc3)C2)cn2nc(C34CC(CO3)C4C(=O)O)nc12. The maximum Gasteiger partial charge on any atom is 0.310 e. The highest BCUT2D eigenvalue weighted by Crippen LogP contribution is 2.59. The normalized spacial score (nSPS) is 31.9. The molecule has 0 spiro atoms. The third-order valence-electron chi connectivity index (χ3n) is 7.65. The van der Waals surface area contributed by atoms with Gasteiger partial charge in [0, 0.05) is 24.4 Å². The lowest BCUT2D eigenvalue weighted by atomic mass is 9.64. The van der Waals surface area contributed by atoms with Crippen molar-refractivity contribution in [2.75, 3.05) is 24.6 Å². The lowest BCUT2D eigenvalue weighted by Crippen LogP contribution is -2.50. The number of aryl methyl sites for hydroxylation is 1. The number of aliphatic carboxylic acids is 1. The van der Waals surface area contributed by atoms with Crippen LogP contribution in [-0.2, 0) is 20.5 Å². The van der Waals surface area contributed by atoms with Gasteiger partial charge < -0.3 is 14.7 Å². The van der Waals surface area contributed by atoms with Gasteiger partial charge in [0.05, 0.1) is 24.4 Å². The van der Waals surface area contributed by atoms with Gasteiger partial charge in [-0.1, -0.05) is 37.3 Å². The molecule has 4 fully saturated rings. The number of aromatic nitrogens is 3. The number of fused-ring (bicyclic) bond motifs is 2. The second kappa shape index (κ2) is 6.29. The minimum atomic E-state index is -0.866. The van der Waals surface area contributed by atoms with Crippen molar-refractivity contribution in [3.8, 4) is 0 Å². The Morgan fingerprint density at radius 3 is 2.84 bits per heavy atom. The van der Waals surface area contributed by atoms with Crippen molar-refractivity contribution < 1.29 is 14.6 Å². The van der Waals surface area contributed by atoms with E-state index in [9.17, 15) is 9.90 Å². The highest BCUT2D eigenvalue weighted by molar-refractivity contribution is 5.74. The number of carboxylic acid groups (broad SMARTS) is 1. The van der Waals surface area contributed by atoms with Crippen LogP contribution in [0.3, 0.4) is 0 Å². The van der Waals surface area contributed by atoms with Crippen molar-refractivity contribution in [1.29, 1.82) is 0 Å². The summed E-state index contributed by atoms with van der Waals surface area (Å²) < 4.78 is 7.73. The molecular weight excluding hydrogens is 392 g/mol. The Balaban J connectivity index is 1.33. The van der Waals surface area contributed by atoms with Crippen molar-refractivity contribution in [3.05, 3.63) is 59.5 Å². The van der Waals surface area contributed by atoms with Crippen molar-refractivity contribution in [1.82, 2.24) is 14.6 Å². The number of pyridine rings is 1. The molecule has 1 N–H and O–H groups in total. The van der Waals surface area contributed by atoms with Gasteiger partial charge >= 0.3 is 5.97 Å². The van der Waals surface area contributed by atoms with Gasteiger partial charge in [0.25, 0.3) is 0 Å². The van der Waals surface area contributed by atoms with E-state index < -0.39 is 17.5 Å². The summed E-state index contributed by atoms with van der Waals surface area (Å²) in [6.07, 6.45) is 3.80. The predicted octanol–water partition coefficient (Wildman–Crippen LogP) is 3.15. The number of anilines is 1. The Labute approximate surface area is 180 Å². The minimum absolute atomic E-state index is 0.0704. The molecule has 3 saturated heterocycles. The van der Waals surface area contributed by atoms with E-state index in [2.05, 4.69) is 48.2 Å². The molecule has 3 aromatic rings. The predicted molar refractivity (Wildman–Crippen MR) is 115 cm³/mol. The number of ether oxygens (including phenoxy) is 1. The van der Waals surface area contributed by atoms with E-state index >= 15 is 0 Å². The van der Waals surface area contributed by atoms with Crippen LogP contribution in [0.2, 0.25) is 0 Å². The van der Waals surface area contributed by atoms with Crippen LogP contribution in [0.15, 0.2) is 42.6 Å². The second-order valence-corrected chi connectivity index (χ2v) is 9.66. The average Bonchev–Trinajstić information content (AvgIpc) is 3.50. The Kier molecular flexibility index (Phi) is 3.82. The van der Waals surface area contributed by atoms with Crippen molar-refractivity contribution in [3.63, 3.8) is 0 Å². The quantitative estimate of drug-likeness (QED) is 0.701. The zero-order chi connectivity index (χ0) is 21.4. The summed E-state index contributed by atoms with van der Waals surface area (Å²) in [6, 6.07) is 12.9. The van der Waals surface area contributed by atoms with E-state index in [1.165, 1.54) is 5.56 Å². The summed E-state index contributed by atoms with van der Waals surface area (Å²) in [4.78, 5) is 18.9. The number of rotatable bonds is 4. The Morgan fingerprint density at radius 2 is 2.10 bits per heavy atom. The number of benzene rings is 1. The number of carbonyl (C=O) groups is 1. The van der Waals surface area contributed by atoms with E-state index in [0.717, 1.165) is 36.4 Å². The topological polar surface area (TPSA) is 80.0 Å². The third kappa shape index (κ3) is 2.59. The molecule has 3 aliphatic heterocycles. The lowest BCUT2D eigenvalue weighted by molar-refractivity contribution is -0.160. The first kappa shape index (κ1) is 18.8. The Morgan fingerprint density at radius 1 is 1.29 bits per heavy atom. The fraction of sp³-hybridized carbons (Fsp3) is 0.458. The molecule has 1 aliphatic carbocycles. The van der Waals surface area contributed by atoms with Gasteiger partial charge in [0.15, 0.2) is 11.5 Å². The minimum Gasteiger partial charge on any atom is -0.481 e. The fourth-order valence-electron chi connectivity index (χ4n) is 5.85. The molecule has 2 aromatic heterocycles. The maximum absolute atomic E-state index is 11.8. The van der Waals surface area contributed by atoms with E-state index in [0.29, 0.717) is 18.9 Å². The largest absolute Gasteiger partial charge is 0.481 e. The molecule has 2 bridgehead atoms. The molecule has 4 aliphatic rings. The van der Waals surface area contributed by atoms with Crippen LogP contribution in [-0.4, -0.2) is 45.4 Å². The molecule has 4 atom stereocenters. The lowest BCUT2D eigenvalue weighted by Gasteiger charge is -2.39. The van der Waals surface area contributed by atoms with E-state index in [1.807, 2.05) is 13.1 Å². The molecule has 0 amide bonds. The highest BCUT2D eigenvalue weighted by atomic mass is 16.5. The average molecular weight is 418 g/mol. The molecule has 7 heteroatoms. The van der Waals surface area contributed by atoms with Crippen LogP contribution in [0.5, 0.6) is 0 Å². The molecule has 1 aromatic carbocycles. The zero-order valence-electron chi connectivity index (χ0n) is 17.8. The molecule has 7 rings (SSSR count). The standard InChI is InChI=1S/C24H26N4O3/c1-15-10-18(27-9-8-23(2,14-27)17-6-4-3-5-7-17)12-28-20(15)25-22(26-28)24-11-16(13-31-24)19(24)21(29)30/h3-7,10,12,16,19H,8-9,11,13-14H2,1-2H3,(H,29,30)/t16?,19?,23-,24?/m0/s1. The van der Waals surface area contributed by atoms with Gasteiger partial charge in [-0.25, -0.2) is 9.50 Å². The fourth-order valence-corrected chi connectivity index (χ4v) is 5.85. The van der Waals surface area contributed by atoms with Crippen LogP contribution in [0.4, 0.5) is 5.69 Å². The van der Waals surface area contributed by atoms with Crippen molar-refractivity contribution in [2.24, 2.45) is 11.8 Å². The monoisotopic (exact) mass is 418 g/mol. The number of carboxylic acids is 1. The first-order chi connectivity index (χ1) is 14.9. The molecule has 5 heterocycles. The Hall–Kier alpha value is -2.93. The van der Waals surface area contributed by atoms with Gasteiger partial charge in [-0.15, -0.1) is 5.10 Å². The summed E-state index contributed by atoms with van der Waals surface area (Å²) in [6.45, 7) is 6.77. The first-order valence-corrected chi connectivity index (χ1v) is 10.9. The van der Waals surface area contributed by atoms with Crippen LogP contribution in [0, 0.1) is 18.8 Å². The maximum atomic E-state index is 11.8. The van der Waals surface area contributed by atoms with Crippen molar-refractivity contribution in [2.45, 2.75) is 37.7 Å². The summed E-state index contributed by atoms with van der Waals surface area (Å²) in [5, 5.41) is 14.4. The smallest absolute Gasteiger partial charge is 0.310 e. The summed E-state index contributed by atoms with van der Waals surface area (Å²) >= 11 is 0. The zero-order valence-corrected chi connectivity index (χ0v) is 17.8. The van der Waals surface area contributed by atoms with Gasteiger partial charge in [0.1, 0.15) is 5.60 Å². The molecule has 31 heavy (non-hydrogen) atoms. The first-order valence-electron chi connectivity index (χ1n) is 10.9. The van der Waals surface area contributed by atoms with Crippen LogP contribution < -0.4 is 4.90 Å². The summed E-state index contributed by atoms with van der Waals surface area (Å²) in [5.41, 5.74) is 3.53. The van der Waals surface area contributed by atoms with Crippen LogP contribution in [0.1, 0.15) is 36.7 Å². The molecule has 3 unspecified atom stereocenters. The molecular formula is C24H26N4O3. The van der Waals surface area contributed by atoms with Gasteiger partial charge in [0.2, 0.25) is 0 Å². The number of hydrogen-bond acceptors (Lipinski definition) is 5. The van der Waals surface area contributed by atoms with Crippen LogP contribution in [0.25, 0.3) is 5.65 Å². The van der Waals surface area contributed by atoms with E-state index in [-0.39, 0.29) is 11.3 Å². The highest BCUT2D eigenvalue weighted by Gasteiger charge is 2.67. The van der Waals surface area contributed by atoms with Gasteiger partial charge in [-0.2, -0.15) is 0 Å². The summed E-state index contributed by atoms with van der Waals surface area (Å²) in [7, 11) is 0. The molecule has 0 radical (unpaired) electrons.